The minimum absolute atomic E-state index is 0.0197. The second-order valence-electron chi connectivity index (χ2n) is 16.9. The van der Waals surface area contributed by atoms with E-state index < -0.39 is 45.3 Å². The fourth-order valence-electron chi connectivity index (χ4n) is 8.91. The van der Waals surface area contributed by atoms with E-state index in [2.05, 4.69) is 38.4 Å². The fraction of sp³-hybridized carbons (Fsp3) is 0.444. The van der Waals surface area contributed by atoms with E-state index in [1.807, 2.05) is 30.3 Å². The van der Waals surface area contributed by atoms with Crippen molar-refractivity contribution >= 4 is 61.8 Å². The van der Waals surface area contributed by atoms with Crippen LogP contribution in [0.3, 0.4) is 0 Å². The van der Waals surface area contributed by atoms with E-state index in [4.69, 9.17) is 27.4 Å². The molecule has 16 nitrogen and oxygen atoms in total. The van der Waals surface area contributed by atoms with Crippen LogP contribution in [0.1, 0.15) is 77.4 Å². The summed E-state index contributed by atoms with van der Waals surface area (Å²) < 4.78 is 41.4. The van der Waals surface area contributed by atoms with Crippen LogP contribution in [0.2, 0.25) is 0 Å². The number of ether oxygens (including phenoxy) is 2. The summed E-state index contributed by atoms with van der Waals surface area (Å²) in [7, 11) is -3.34. The van der Waals surface area contributed by atoms with Gasteiger partial charge < -0.3 is 35.5 Å². The smallest absolute Gasteiger partial charge is 0.266 e. The lowest BCUT2D eigenvalue weighted by molar-refractivity contribution is -0.131. The van der Waals surface area contributed by atoms with Crippen molar-refractivity contribution in [2.24, 2.45) is 11.7 Å². The van der Waals surface area contributed by atoms with Crippen molar-refractivity contribution in [1.82, 2.24) is 29.3 Å². The number of amides is 4. The lowest BCUT2D eigenvalue weighted by Gasteiger charge is -2.38. The first-order valence-corrected chi connectivity index (χ1v) is 23.3. The molecule has 0 radical (unpaired) electrons. The zero-order chi connectivity index (χ0) is 44.6. The highest BCUT2D eigenvalue weighted by Crippen LogP contribution is 2.38. The van der Waals surface area contributed by atoms with Crippen molar-refractivity contribution < 1.29 is 42.2 Å². The van der Waals surface area contributed by atoms with Crippen LogP contribution in [0, 0.1) is 5.92 Å². The van der Waals surface area contributed by atoms with Crippen LogP contribution >= 0.6 is 12.2 Å². The Balaban J connectivity index is 0.816. The highest BCUT2D eigenvalue weighted by molar-refractivity contribution is 7.89. The lowest BCUT2D eigenvalue weighted by Crippen LogP contribution is -2.55. The van der Waals surface area contributed by atoms with Crippen molar-refractivity contribution in [2.75, 3.05) is 52.5 Å². The lowest BCUT2D eigenvalue weighted by atomic mass is 9.99. The molecule has 4 aliphatic rings. The Bertz CT molecular complexity index is 2550. The number of aromatic nitrogens is 1. The van der Waals surface area contributed by atoms with Gasteiger partial charge in [0.05, 0.1) is 35.5 Å². The normalized spacial score (nSPS) is 20.3. The maximum Gasteiger partial charge on any atom is 0.266 e. The van der Waals surface area contributed by atoms with Gasteiger partial charge in [-0.3, -0.25) is 29.0 Å². The molecule has 63 heavy (non-hydrogen) atoms. The molecule has 5 heterocycles. The third-order valence-electron chi connectivity index (χ3n) is 12.5. The molecule has 0 spiro atoms. The van der Waals surface area contributed by atoms with E-state index in [-0.39, 0.29) is 60.8 Å². The Morgan fingerprint density at radius 3 is 2.44 bits per heavy atom. The molecule has 0 saturated carbocycles. The minimum atomic E-state index is -3.34. The predicted molar refractivity (Wildman–Crippen MR) is 239 cm³/mol. The first kappa shape index (κ1) is 44.4. The van der Waals surface area contributed by atoms with E-state index >= 15 is 0 Å². The largest absolute Gasteiger partial charge is 0.490 e. The quantitative estimate of drug-likeness (QED) is 0.0728. The third-order valence-corrected chi connectivity index (χ3v) is 15.0. The Labute approximate surface area is 371 Å². The molecule has 3 aromatic carbocycles. The van der Waals surface area contributed by atoms with Crippen molar-refractivity contribution in [1.29, 1.82) is 0 Å². The number of nitrogens with two attached hydrogens (primary N) is 1. The Kier molecular flexibility index (Phi) is 13.0. The molecular weight excluding hydrogens is 847 g/mol. The molecule has 4 amide bonds. The maximum absolute atomic E-state index is 13.3. The minimum Gasteiger partial charge on any atom is -0.490 e. The van der Waals surface area contributed by atoms with Crippen molar-refractivity contribution in [3.63, 3.8) is 0 Å². The number of thiocarbonyl (C=S) groups is 1. The molecule has 2 unspecified atom stereocenters. The van der Waals surface area contributed by atoms with E-state index in [0.29, 0.717) is 63.7 Å². The highest BCUT2D eigenvalue weighted by Gasteiger charge is 2.46. The molecule has 3 saturated heterocycles. The molecule has 334 valence electrons. The number of aliphatic hydroxyl groups is 1. The number of hydrogen-bond acceptors (Lipinski definition) is 11. The van der Waals surface area contributed by atoms with Gasteiger partial charge in [0.1, 0.15) is 29.6 Å². The molecule has 3 fully saturated rings. The van der Waals surface area contributed by atoms with Crippen LogP contribution in [-0.2, 0) is 30.9 Å². The number of imide groups is 1. The SMILES string of the molecule is CC(C)S(=O)(=O)N1CCC(n2cc(-c3cccc(C(N)=S)c3)c3ccc(CNC(=O)C4CN(CCOCCOc5cccc6c5C(=O)N(C5CCC(O)NC5=O)C6=O)C4)cc32)CC1. The molecule has 18 heteroatoms. The topological polar surface area (TPSA) is 206 Å². The van der Waals surface area contributed by atoms with Gasteiger partial charge in [0.2, 0.25) is 21.8 Å². The average molecular weight is 900 g/mol. The number of nitrogens with zero attached hydrogens (tertiary/aromatic N) is 4. The van der Waals surface area contributed by atoms with Crippen LogP contribution in [0.25, 0.3) is 22.0 Å². The summed E-state index contributed by atoms with van der Waals surface area (Å²) >= 11 is 5.27. The summed E-state index contributed by atoms with van der Waals surface area (Å²) in [6.07, 6.45) is 2.89. The van der Waals surface area contributed by atoms with Crippen molar-refractivity contribution in [3.8, 4) is 16.9 Å². The fourth-order valence-corrected chi connectivity index (χ4v) is 10.4. The van der Waals surface area contributed by atoms with Crippen LogP contribution in [-0.4, -0.2) is 131 Å². The average Bonchev–Trinajstić information content (AvgIpc) is 3.75. The van der Waals surface area contributed by atoms with Crippen molar-refractivity contribution in [3.05, 3.63) is 89.1 Å². The summed E-state index contributed by atoms with van der Waals surface area (Å²) in [5.74, 6) is -1.68. The molecule has 0 bridgehead atoms. The van der Waals surface area contributed by atoms with Crippen LogP contribution < -0.4 is 21.1 Å². The van der Waals surface area contributed by atoms with Gasteiger partial charge in [-0.05, 0) is 74.9 Å². The summed E-state index contributed by atoms with van der Waals surface area (Å²) in [4.78, 5) is 55.5. The monoisotopic (exact) mass is 899 g/mol. The number of nitrogens with one attached hydrogen (secondary N) is 2. The first-order valence-electron chi connectivity index (χ1n) is 21.4. The second-order valence-corrected chi connectivity index (χ2v) is 19.8. The number of aliphatic hydroxyl groups excluding tert-OH is 1. The van der Waals surface area contributed by atoms with Crippen LogP contribution in [0.15, 0.2) is 66.9 Å². The van der Waals surface area contributed by atoms with Crippen LogP contribution in [0.4, 0.5) is 0 Å². The second kappa shape index (κ2) is 18.5. The summed E-state index contributed by atoms with van der Waals surface area (Å²) in [6, 6.07) is 17.9. The van der Waals surface area contributed by atoms with Gasteiger partial charge in [0, 0.05) is 73.5 Å². The molecule has 5 N–H and O–H groups in total. The standard InChI is InChI=1S/C45H53N7O9S2/c1-27(2)63(58,59)50-15-13-32(14-16-50)51-26-35(29-5-3-6-30(22-29)41(46)62)33-10-9-28(21-37(33)51)23-47-42(54)31-24-49(25-31)17-18-60-19-20-61-38-8-4-7-34-40(38)45(57)52(44(34)56)36-11-12-39(53)48-43(36)55/h3-10,21-22,26-27,31-32,36,39,53H,11-20,23-25H2,1-2H3,(H2,46,62)(H,47,54)(H,48,55). The predicted octanol–water partition coefficient (Wildman–Crippen LogP) is 3.15. The molecule has 4 aromatic rings. The number of sulfonamides is 1. The molecular formula is C45H53N7O9S2. The van der Waals surface area contributed by atoms with Gasteiger partial charge in [-0.1, -0.05) is 48.6 Å². The Morgan fingerprint density at radius 1 is 0.952 bits per heavy atom. The van der Waals surface area contributed by atoms with Gasteiger partial charge >= 0.3 is 0 Å². The van der Waals surface area contributed by atoms with E-state index in [0.717, 1.165) is 38.1 Å². The van der Waals surface area contributed by atoms with Gasteiger partial charge in [0.15, 0.2) is 0 Å². The maximum atomic E-state index is 13.3. The summed E-state index contributed by atoms with van der Waals surface area (Å²) in [5, 5.41) is 15.8. The number of rotatable bonds is 16. The molecule has 2 atom stereocenters. The van der Waals surface area contributed by atoms with Crippen LogP contribution in [0.5, 0.6) is 5.75 Å². The number of hydrogen-bond donors (Lipinski definition) is 4. The van der Waals surface area contributed by atoms with E-state index in [1.54, 1.807) is 30.3 Å². The highest BCUT2D eigenvalue weighted by atomic mass is 32.2. The molecule has 0 aliphatic carbocycles. The van der Waals surface area contributed by atoms with E-state index in [9.17, 15) is 32.7 Å². The molecule has 8 rings (SSSR count). The van der Waals surface area contributed by atoms with Gasteiger partial charge in [-0.25, -0.2) is 12.7 Å². The van der Waals surface area contributed by atoms with Crippen molar-refractivity contribution in [2.45, 2.75) is 69.6 Å². The van der Waals surface area contributed by atoms with E-state index in [1.165, 1.54) is 6.07 Å². The molecule has 4 aliphatic heterocycles. The van der Waals surface area contributed by atoms with Gasteiger partial charge in [-0.2, -0.15) is 0 Å². The first-order chi connectivity index (χ1) is 30.2. The Morgan fingerprint density at radius 2 is 1.71 bits per heavy atom. The molecule has 1 aromatic heterocycles. The zero-order valence-corrected chi connectivity index (χ0v) is 37.0. The number of benzene rings is 3. The zero-order valence-electron chi connectivity index (χ0n) is 35.3. The number of likely N-dealkylation sites (tertiary alicyclic amines) is 1. The van der Waals surface area contributed by atoms with Gasteiger partial charge in [0.25, 0.3) is 11.8 Å². The summed E-state index contributed by atoms with van der Waals surface area (Å²) in [5.41, 5.74) is 11.0. The summed E-state index contributed by atoms with van der Waals surface area (Å²) in [6.45, 7) is 7.31. The number of piperidine rings is 2. The Hall–Kier alpha value is -5.24. The van der Waals surface area contributed by atoms with Gasteiger partial charge in [-0.15, -0.1) is 0 Å². The number of fused-ring (bicyclic) bond motifs is 2. The number of carbonyl (C=O) groups is 4. The number of carbonyl (C=O) groups excluding carboxylic acids is 4. The third kappa shape index (κ3) is 9.10.